The van der Waals surface area contributed by atoms with Crippen molar-refractivity contribution in [1.82, 2.24) is 5.43 Å². The van der Waals surface area contributed by atoms with Crippen LogP contribution in [0.15, 0.2) is 47.6 Å². The third-order valence-electron chi connectivity index (χ3n) is 3.46. The number of hydrogen-bond acceptors (Lipinski definition) is 5. The maximum absolute atomic E-state index is 12.7. The quantitative estimate of drug-likeness (QED) is 0.463. The predicted molar refractivity (Wildman–Crippen MR) is 95.4 cm³/mol. The average molecular weight is 395 g/mol. The Hall–Kier alpha value is -3.56. The van der Waals surface area contributed by atoms with Crippen LogP contribution < -0.4 is 20.2 Å². The fraction of sp³-hybridized carbons (Fsp3) is 0.167. The molecule has 7 nitrogen and oxygen atoms in total. The third kappa shape index (κ3) is 5.47. The second-order valence-electron chi connectivity index (χ2n) is 5.34. The lowest BCUT2D eigenvalue weighted by atomic mass is 10.2. The predicted octanol–water partition coefficient (Wildman–Crippen LogP) is 2.81. The highest BCUT2D eigenvalue weighted by molar-refractivity contribution is 6.39. The molecule has 0 spiro atoms. The first kappa shape index (κ1) is 20.7. The summed E-state index contributed by atoms with van der Waals surface area (Å²) in [4.78, 5) is 23.6. The lowest BCUT2D eigenvalue weighted by molar-refractivity contribution is -0.137. The summed E-state index contributed by atoms with van der Waals surface area (Å²) in [5.41, 5.74) is 1.37. The van der Waals surface area contributed by atoms with Crippen molar-refractivity contribution in [3.63, 3.8) is 0 Å². The molecule has 0 aromatic heterocycles. The monoisotopic (exact) mass is 395 g/mol. The Balaban J connectivity index is 2.00. The van der Waals surface area contributed by atoms with Gasteiger partial charge in [-0.3, -0.25) is 9.59 Å². The first-order chi connectivity index (χ1) is 13.2. The fourth-order valence-electron chi connectivity index (χ4n) is 2.10. The standard InChI is InChI=1S/C18H16F3N3O4/c1-27-14-7-6-11(15(9-14)28-2)10-22-24-17(26)16(25)23-13-5-3-4-12(8-13)18(19,20)21/h3-10H,1-2H3,(H,23,25)(H,24,26)/b22-10-. The van der Waals surface area contributed by atoms with Gasteiger partial charge in [0.2, 0.25) is 0 Å². The summed E-state index contributed by atoms with van der Waals surface area (Å²) in [5, 5.41) is 5.71. The molecule has 0 aliphatic heterocycles. The van der Waals surface area contributed by atoms with E-state index in [-0.39, 0.29) is 5.69 Å². The Labute approximate surface area is 158 Å². The van der Waals surface area contributed by atoms with Gasteiger partial charge in [-0.1, -0.05) is 6.07 Å². The Kier molecular flexibility index (Phi) is 6.59. The zero-order valence-electron chi connectivity index (χ0n) is 14.8. The van der Waals surface area contributed by atoms with Gasteiger partial charge in [-0.25, -0.2) is 5.43 Å². The van der Waals surface area contributed by atoms with E-state index >= 15 is 0 Å². The number of methoxy groups -OCH3 is 2. The number of hydrazone groups is 1. The number of alkyl halides is 3. The number of nitrogens with one attached hydrogen (secondary N) is 2. The molecule has 0 bridgehead atoms. The average Bonchev–Trinajstić information content (AvgIpc) is 2.67. The first-order valence-electron chi connectivity index (χ1n) is 7.78. The van der Waals surface area contributed by atoms with E-state index in [4.69, 9.17) is 9.47 Å². The van der Waals surface area contributed by atoms with Crippen LogP contribution in [0.2, 0.25) is 0 Å². The largest absolute Gasteiger partial charge is 0.497 e. The summed E-state index contributed by atoms with van der Waals surface area (Å²) in [7, 11) is 2.93. The maximum Gasteiger partial charge on any atom is 0.416 e. The van der Waals surface area contributed by atoms with Gasteiger partial charge in [-0.2, -0.15) is 18.3 Å². The molecule has 2 aromatic carbocycles. The number of ether oxygens (including phenoxy) is 2. The van der Waals surface area contributed by atoms with Crippen LogP contribution >= 0.6 is 0 Å². The molecule has 10 heteroatoms. The molecule has 28 heavy (non-hydrogen) atoms. The van der Waals surface area contributed by atoms with Crippen molar-refractivity contribution in [1.29, 1.82) is 0 Å². The minimum absolute atomic E-state index is 0.171. The van der Waals surface area contributed by atoms with E-state index in [1.165, 1.54) is 26.5 Å². The van der Waals surface area contributed by atoms with Crippen LogP contribution in [0.5, 0.6) is 11.5 Å². The van der Waals surface area contributed by atoms with Crippen molar-refractivity contribution >= 4 is 23.7 Å². The van der Waals surface area contributed by atoms with E-state index in [1.54, 1.807) is 18.2 Å². The minimum Gasteiger partial charge on any atom is -0.497 e. The summed E-state index contributed by atoms with van der Waals surface area (Å²) in [5.74, 6) is -1.34. The fourth-order valence-corrected chi connectivity index (χ4v) is 2.10. The van der Waals surface area contributed by atoms with Gasteiger partial charge < -0.3 is 14.8 Å². The third-order valence-corrected chi connectivity index (χ3v) is 3.46. The van der Waals surface area contributed by atoms with Gasteiger partial charge in [0.25, 0.3) is 0 Å². The summed E-state index contributed by atoms with van der Waals surface area (Å²) in [6, 6.07) is 8.78. The highest BCUT2D eigenvalue weighted by atomic mass is 19.4. The van der Waals surface area contributed by atoms with Gasteiger partial charge in [0.15, 0.2) is 0 Å². The van der Waals surface area contributed by atoms with Crippen molar-refractivity contribution in [2.75, 3.05) is 19.5 Å². The molecule has 0 aliphatic carbocycles. The number of nitrogens with zero attached hydrogens (tertiary/aromatic N) is 1. The Morgan fingerprint density at radius 3 is 2.43 bits per heavy atom. The summed E-state index contributed by atoms with van der Waals surface area (Å²) < 4.78 is 48.2. The lowest BCUT2D eigenvalue weighted by Gasteiger charge is -2.09. The molecule has 2 amide bonds. The van der Waals surface area contributed by atoms with E-state index in [2.05, 4.69) is 10.4 Å². The highest BCUT2D eigenvalue weighted by Gasteiger charge is 2.30. The minimum atomic E-state index is -4.56. The van der Waals surface area contributed by atoms with Gasteiger partial charge in [0.05, 0.1) is 26.0 Å². The summed E-state index contributed by atoms with van der Waals surface area (Å²) in [6.45, 7) is 0. The number of carbonyl (C=O) groups is 2. The van der Waals surface area contributed by atoms with E-state index in [9.17, 15) is 22.8 Å². The molecule has 0 unspecified atom stereocenters. The molecular formula is C18H16F3N3O4. The van der Waals surface area contributed by atoms with Crippen LogP contribution in [-0.4, -0.2) is 32.2 Å². The van der Waals surface area contributed by atoms with Crippen molar-refractivity contribution in [2.45, 2.75) is 6.18 Å². The second-order valence-corrected chi connectivity index (χ2v) is 5.34. The van der Waals surface area contributed by atoms with E-state index in [1.807, 2.05) is 5.43 Å². The second kappa shape index (κ2) is 8.89. The molecule has 2 aromatic rings. The van der Waals surface area contributed by atoms with Crippen LogP contribution in [0.3, 0.4) is 0 Å². The molecule has 0 radical (unpaired) electrons. The van der Waals surface area contributed by atoms with Gasteiger partial charge in [0, 0.05) is 17.3 Å². The van der Waals surface area contributed by atoms with Crippen LogP contribution in [0.1, 0.15) is 11.1 Å². The summed E-state index contributed by atoms with van der Waals surface area (Å²) >= 11 is 0. The number of benzene rings is 2. The number of anilines is 1. The highest BCUT2D eigenvalue weighted by Crippen LogP contribution is 2.30. The van der Waals surface area contributed by atoms with Crippen LogP contribution in [0, 0.1) is 0 Å². The number of carbonyl (C=O) groups excluding carboxylic acids is 2. The number of rotatable bonds is 5. The molecular weight excluding hydrogens is 379 g/mol. The Bertz CT molecular complexity index is 898. The van der Waals surface area contributed by atoms with Crippen molar-refractivity contribution in [3.05, 3.63) is 53.6 Å². The van der Waals surface area contributed by atoms with Crippen molar-refractivity contribution < 1.29 is 32.2 Å². The molecule has 0 saturated carbocycles. The van der Waals surface area contributed by atoms with Gasteiger partial charge in [-0.15, -0.1) is 0 Å². The van der Waals surface area contributed by atoms with Crippen molar-refractivity contribution in [3.8, 4) is 11.5 Å². The van der Waals surface area contributed by atoms with Crippen LogP contribution in [-0.2, 0) is 15.8 Å². The molecule has 148 valence electrons. The topological polar surface area (TPSA) is 89.0 Å². The lowest BCUT2D eigenvalue weighted by Crippen LogP contribution is -2.32. The molecule has 0 aliphatic rings. The van der Waals surface area contributed by atoms with Crippen molar-refractivity contribution in [2.24, 2.45) is 5.10 Å². The molecule has 2 rings (SSSR count). The summed E-state index contributed by atoms with van der Waals surface area (Å²) in [6.07, 6.45) is -3.32. The number of amides is 2. The van der Waals surface area contributed by atoms with E-state index < -0.39 is 23.6 Å². The maximum atomic E-state index is 12.7. The van der Waals surface area contributed by atoms with Gasteiger partial charge in [0.1, 0.15) is 11.5 Å². The van der Waals surface area contributed by atoms with Gasteiger partial charge >= 0.3 is 18.0 Å². The van der Waals surface area contributed by atoms with E-state index in [0.29, 0.717) is 17.1 Å². The first-order valence-corrected chi connectivity index (χ1v) is 7.78. The molecule has 0 saturated heterocycles. The molecule has 2 N–H and O–H groups in total. The smallest absolute Gasteiger partial charge is 0.416 e. The molecule has 0 atom stereocenters. The normalized spacial score (nSPS) is 11.2. The van der Waals surface area contributed by atoms with Gasteiger partial charge in [-0.05, 0) is 30.3 Å². The number of hydrogen-bond donors (Lipinski definition) is 2. The number of halogens is 3. The Morgan fingerprint density at radius 1 is 1.04 bits per heavy atom. The zero-order valence-corrected chi connectivity index (χ0v) is 14.8. The van der Waals surface area contributed by atoms with E-state index in [0.717, 1.165) is 18.2 Å². The molecule has 0 fully saturated rings. The van der Waals surface area contributed by atoms with Crippen LogP contribution in [0.4, 0.5) is 18.9 Å². The Morgan fingerprint density at radius 2 is 1.79 bits per heavy atom. The molecule has 0 heterocycles. The zero-order chi connectivity index (χ0) is 20.7. The van der Waals surface area contributed by atoms with Crippen LogP contribution in [0.25, 0.3) is 0 Å². The SMILES string of the molecule is COc1ccc(/C=N\NC(=O)C(=O)Nc2cccc(C(F)(F)F)c2)c(OC)c1.